The first-order valence-corrected chi connectivity index (χ1v) is 8.62. The van der Waals surface area contributed by atoms with Crippen LogP contribution in [0.25, 0.3) is 0 Å². The Morgan fingerprint density at radius 1 is 1.26 bits per heavy atom. The Bertz CT molecular complexity index is 540. The van der Waals surface area contributed by atoms with Crippen LogP contribution in [0.2, 0.25) is 0 Å². The molecule has 0 unspecified atom stereocenters. The number of rotatable bonds is 3. The minimum absolute atomic E-state index is 0.527. The van der Waals surface area contributed by atoms with E-state index in [0.29, 0.717) is 24.5 Å². The van der Waals surface area contributed by atoms with Crippen LogP contribution in [0, 0.1) is 6.92 Å². The summed E-state index contributed by atoms with van der Waals surface area (Å²) >= 11 is 3.30. The zero-order chi connectivity index (χ0) is 13.9. The van der Waals surface area contributed by atoms with Crippen molar-refractivity contribution in [2.24, 2.45) is 0 Å². The Balaban J connectivity index is 2.18. The van der Waals surface area contributed by atoms with Gasteiger partial charge in [0, 0.05) is 23.8 Å². The minimum Gasteiger partial charge on any atom is -0.269 e. The lowest BCUT2D eigenvalue weighted by atomic mass is 10.2. The Morgan fingerprint density at radius 3 is 2.53 bits per heavy atom. The summed E-state index contributed by atoms with van der Waals surface area (Å²) < 4.78 is 29.6. The molecule has 1 aliphatic rings. The summed E-state index contributed by atoms with van der Waals surface area (Å²) in [5.41, 5.74) is 1.19. The van der Waals surface area contributed by atoms with E-state index < -0.39 is 10.2 Å². The van der Waals surface area contributed by atoms with Gasteiger partial charge in [-0.1, -0.05) is 12.8 Å². The van der Waals surface area contributed by atoms with Gasteiger partial charge in [0.2, 0.25) is 0 Å². The number of aromatic nitrogens is 1. The van der Waals surface area contributed by atoms with Gasteiger partial charge in [0.1, 0.15) is 0 Å². The van der Waals surface area contributed by atoms with Crippen LogP contribution in [-0.4, -0.2) is 30.8 Å². The molecule has 0 atom stereocenters. The molecule has 0 aromatic carbocycles. The van der Waals surface area contributed by atoms with Gasteiger partial charge in [-0.3, -0.25) is 9.71 Å². The van der Waals surface area contributed by atoms with Crippen molar-refractivity contribution >= 4 is 31.8 Å². The second-order valence-electron chi connectivity index (χ2n) is 4.71. The molecule has 1 aromatic heterocycles. The second-order valence-corrected chi connectivity index (χ2v) is 7.29. The summed E-state index contributed by atoms with van der Waals surface area (Å²) in [6.07, 6.45) is 5.71. The third kappa shape index (κ3) is 3.90. The molecule has 19 heavy (non-hydrogen) atoms. The normalized spacial score (nSPS) is 18.0. The Morgan fingerprint density at radius 2 is 1.89 bits per heavy atom. The van der Waals surface area contributed by atoms with Gasteiger partial charge in [0.05, 0.1) is 11.4 Å². The van der Waals surface area contributed by atoms with Crippen LogP contribution in [-0.2, 0) is 10.2 Å². The van der Waals surface area contributed by atoms with Crippen LogP contribution in [0.15, 0.2) is 16.7 Å². The molecule has 0 spiro atoms. The molecule has 0 saturated carbocycles. The van der Waals surface area contributed by atoms with Crippen molar-refractivity contribution in [2.45, 2.75) is 32.6 Å². The quantitative estimate of drug-likeness (QED) is 0.914. The molecule has 0 radical (unpaired) electrons. The van der Waals surface area contributed by atoms with Crippen LogP contribution in [0.4, 0.5) is 5.69 Å². The number of aryl methyl sites for hydroxylation is 1. The number of halogens is 1. The zero-order valence-electron chi connectivity index (χ0n) is 10.9. The summed E-state index contributed by atoms with van der Waals surface area (Å²) in [5, 5.41) is 0. The molecular formula is C12H18BrN3O2S. The fraction of sp³-hybridized carbons (Fsp3) is 0.583. The molecule has 2 rings (SSSR count). The summed E-state index contributed by atoms with van der Waals surface area (Å²) in [6, 6.07) is 1.73. The van der Waals surface area contributed by atoms with Crippen LogP contribution < -0.4 is 4.72 Å². The maximum Gasteiger partial charge on any atom is 0.301 e. The average molecular weight is 348 g/mol. The third-order valence-electron chi connectivity index (χ3n) is 3.20. The van der Waals surface area contributed by atoms with Crippen molar-refractivity contribution in [3.8, 4) is 0 Å². The summed E-state index contributed by atoms with van der Waals surface area (Å²) in [7, 11) is -3.48. The second kappa shape index (κ2) is 6.19. The van der Waals surface area contributed by atoms with E-state index in [1.54, 1.807) is 19.2 Å². The Labute approximate surface area is 122 Å². The lowest BCUT2D eigenvalue weighted by Crippen LogP contribution is -2.36. The number of pyridine rings is 1. The van der Waals surface area contributed by atoms with Crippen molar-refractivity contribution < 1.29 is 8.42 Å². The van der Waals surface area contributed by atoms with Gasteiger partial charge >= 0.3 is 10.2 Å². The predicted molar refractivity (Wildman–Crippen MR) is 79.3 cm³/mol. The number of nitrogens with zero attached hydrogens (tertiary/aromatic N) is 2. The van der Waals surface area contributed by atoms with E-state index in [-0.39, 0.29) is 0 Å². The van der Waals surface area contributed by atoms with Gasteiger partial charge in [-0.15, -0.1) is 0 Å². The first-order chi connectivity index (χ1) is 8.99. The van der Waals surface area contributed by atoms with E-state index in [0.717, 1.165) is 30.2 Å². The Hall–Kier alpha value is -0.660. The Kier molecular flexibility index (Phi) is 4.81. The first-order valence-electron chi connectivity index (χ1n) is 6.39. The topological polar surface area (TPSA) is 62.3 Å². The van der Waals surface area contributed by atoms with E-state index in [2.05, 4.69) is 25.6 Å². The number of anilines is 1. The van der Waals surface area contributed by atoms with Gasteiger partial charge in [-0.25, -0.2) is 0 Å². The summed E-state index contributed by atoms with van der Waals surface area (Å²) in [4.78, 5) is 4.13. The van der Waals surface area contributed by atoms with Gasteiger partial charge in [-0.2, -0.15) is 12.7 Å². The fourth-order valence-corrected chi connectivity index (χ4v) is 3.78. The molecule has 7 heteroatoms. The maximum atomic E-state index is 12.3. The molecule has 0 amide bonds. The lowest BCUT2D eigenvalue weighted by molar-refractivity contribution is 0.427. The molecule has 1 aliphatic heterocycles. The molecular weight excluding hydrogens is 330 g/mol. The highest BCUT2D eigenvalue weighted by atomic mass is 79.9. The largest absolute Gasteiger partial charge is 0.301 e. The van der Waals surface area contributed by atoms with Crippen molar-refractivity contribution in [2.75, 3.05) is 17.8 Å². The monoisotopic (exact) mass is 347 g/mol. The number of hydrogen-bond donors (Lipinski definition) is 1. The van der Waals surface area contributed by atoms with Gasteiger partial charge in [-0.05, 0) is 41.8 Å². The van der Waals surface area contributed by atoms with Gasteiger partial charge in [0.15, 0.2) is 0 Å². The van der Waals surface area contributed by atoms with Crippen LogP contribution in [0.3, 0.4) is 0 Å². The number of hydrogen-bond acceptors (Lipinski definition) is 3. The molecule has 5 nitrogen and oxygen atoms in total. The number of nitrogens with one attached hydrogen (secondary N) is 1. The molecule has 1 aromatic rings. The molecule has 1 N–H and O–H groups in total. The highest BCUT2D eigenvalue weighted by Crippen LogP contribution is 2.21. The lowest BCUT2D eigenvalue weighted by Gasteiger charge is -2.21. The van der Waals surface area contributed by atoms with Crippen molar-refractivity contribution in [3.63, 3.8) is 0 Å². The van der Waals surface area contributed by atoms with Gasteiger partial charge in [0.25, 0.3) is 0 Å². The smallest absolute Gasteiger partial charge is 0.269 e. The van der Waals surface area contributed by atoms with Crippen molar-refractivity contribution in [3.05, 3.63) is 22.4 Å². The van der Waals surface area contributed by atoms with Crippen LogP contribution in [0.5, 0.6) is 0 Å². The van der Waals surface area contributed by atoms with E-state index in [9.17, 15) is 8.42 Å². The van der Waals surface area contributed by atoms with E-state index >= 15 is 0 Å². The van der Waals surface area contributed by atoms with E-state index in [4.69, 9.17) is 0 Å². The predicted octanol–water partition coefficient (Wildman–Crippen LogP) is 2.69. The van der Waals surface area contributed by atoms with Crippen molar-refractivity contribution in [1.82, 2.24) is 9.29 Å². The highest BCUT2D eigenvalue weighted by Gasteiger charge is 2.23. The molecule has 1 saturated heterocycles. The fourth-order valence-electron chi connectivity index (χ4n) is 2.10. The SMILES string of the molecule is Cc1ncc(Br)cc1NS(=O)(=O)N1CCCCCC1. The molecule has 106 valence electrons. The maximum absolute atomic E-state index is 12.3. The highest BCUT2D eigenvalue weighted by molar-refractivity contribution is 9.10. The van der Waals surface area contributed by atoms with Crippen LogP contribution >= 0.6 is 15.9 Å². The molecule has 0 aliphatic carbocycles. The third-order valence-corrected chi connectivity index (χ3v) is 5.15. The summed E-state index contributed by atoms with van der Waals surface area (Å²) in [5.74, 6) is 0. The molecule has 2 heterocycles. The zero-order valence-corrected chi connectivity index (χ0v) is 13.3. The minimum atomic E-state index is -3.48. The van der Waals surface area contributed by atoms with Crippen molar-refractivity contribution in [1.29, 1.82) is 0 Å². The first kappa shape index (κ1) is 14.7. The standard InChI is InChI=1S/C12H18BrN3O2S/c1-10-12(8-11(13)9-14-10)15-19(17,18)16-6-4-2-3-5-7-16/h8-9,15H,2-7H2,1H3. The molecule has 0 bridgehead atoms. The average Bonchev–Trinajstić information content (AvgIpc) is 2.63. The van der Waals surface area contributed by atoms with E-state index in [1.807, 2.05) is 0 Å². The van der Waals surface area contributed by atoms with Gasteiger partial charge < -0.3 is 0 Å². The van der Waals surface area contributed by atoms with E-state index in [1.165, 1.54) is 4.31 Å². The van der Waals surface area contributed by atoms with Crippen LogP contribution in [0.1, 0.15) is 31.4 Å². The summed E-state index contributed by atoms with van der Waals surface area (Å²) in [6.45, 7) is 2.97. The molecule has 1 fully saturated rings.